The third-order valence-corrected chi connectivity index (χ3v) is 4.40. The first-order chi connectivity index (χ1) is 9.17. The third-order valence-electron chi connectivity index (χ3n) is 4.40. The van der Waals surface area contributed by atoms with E-state index in [4.69, 9.17) is 0 Å². The molecule has 1 N–H and O–H groups in total. The molecule has 2 nitrogen and oxygen atoms in total. The van der Waals surface area contributed by atoms with Gasteiger partial charge in [0.05, 0.1) is 0 Å². The summed E-state index contributed by atoms with van der Waals surface area (Å²) in [5.74, 6) is 0.928. The Bertz CT molecular complexity index is 410. The van der Waals surface area contributed by atoms with Crippen molar-refractivity contribution >= 4 is 0 Å². The van der Waals surface area contributed by atoms with Crippen molar-refractivity contribution in [2.24, 2.45) is 0 Å². The van der Waals surface area contributed by atoms with Gasteiger partial charge in [-0.1, -0.05) is 26.8 Å². The van der Waals surface area contributed by atoms with E-state index in [1.807, 2.05) is 12.1 Å². The molecule has 0 heterocycles. The largest absolute Gasteiger partial charge is 0.508 e. The van der Waals surface area contributed by atoms with Crippen LogP contribution in [0.15, 0.2) is 18.2 Å². The van der Waals surface area contributed by atoms with E-state index in [-0.39, 0.29) is 0 Å². The lowest BCUT2D eigenvalue weighted by Gasteiger charge is -2.39. The highest BCUT2D eigenvalue weighted by Gasteiger charge is 2.30. The van der Waals surface area contributed by atoms with E-state index >= 15 is 0 Å². The lowest BCUT2D eigenvalue weighted by atomic mass is 9.79. The van der Waals surface area contributed by atoms with E-state index in [0.29, 0.717) is 17.7 Å². The second-order valence-corrected chi connectivity index (χ2v) is 5.81. The second-order valence-electron chi connectivity index (χ2n) is 5.81. The molecular weight excluding hydrogens is 234 g/mol. The van der Waals surface area contributed by atoms with E-state index in [1.54, 1.807) is 0 Å². The lowest BCUT2D eigenvalue weighted by Crippen LogP contribution is -2.42. The Morgan fingerprint density at radius 1 is 1.21 bits per heavy atom. The zero-order chi connectivity index (χ0) is 13.8. The summed E-state index contributed by atoms with van der Waals surface area (Å²) in [6.45, 7) is 9.22. The number of phenolic OH excluding ortho intramolecular Hbond substituents is 1. The van der Waals surface area contributed by atoms with Crippen molar-refractivity contribution in [3.05, 3.63) is 29.3 Å². The maximum Gasteiger partial charge on any atom is 0.115 e. The van der Waals surface area contributed by atoms with Gasteiger partial charge in [0.15, 0.2) is 0 Å². The second kappa shape index (κ2) is 6.42. The molecule has 2 atom stereocenters. The predicted molar refractivity (Wildman–Crippen MR) is 80.8 cm³/mol. The van der Waals surface area contributed by atoms with Gasteiger partial charge >= 0.3 is 0 Å². The zero-order valence-electron chi connectivity index (χ0n) is 12.5. The maximum atomic E-state index is 9.72. The molecule has 1 aromatic rings. The summed E-state index contributed by atoms with van der Waals surface area (Å²) in [5.41, 5.74) is 2.78. The molecule has 0 saturated heterocycles. The molecule has 0 radical (unpaired) electrons. The number of fused-ring (bicyclic) bond motifs is 1. The van der Waals surface area contributed by atoms with Gasteiger partial charge in [-0.2, -0.15) is 0 Å². The number of aromatic hydroxyl groups is 1. The molecule has 0 aliphatic heterocycles. The minimum absolute atomic E-state index is 0.406. The average Bonchev–Trinajstić information content (AvgIpc) is 2.40. The van der Waals surface area contributed by atoms with Crippen LogP contribution in [0.25, 0.3) is 0 Å². The molecule has 106 valence electrons. The smallest absolute Gasteiger partial charge is 0.115 e. The molecular formula is C17H27NO. The molecule has 0 amide bonds. The molecule has 2 heteroatoms. The number of hydrogen-bond acceptors (Lipinski definition) is 2. The van der Waals surface area contributed by atoms with Crippen LogP contribution >= 0.6 is 0 Å². The van der Waals surface area contributed by atoms with Gasteiger partial charge in [-0.25, -0.2) is 0 Å². The molecule has 1 aliphatic rings. The summed E-state index contributed by atoms with van der Waals surface area (Å²) < 4.78 is 0. The van der Waals surface area contributed by atoms with Gasteiger partial charge in [-0.05, 0) is 68.0 Å². The molecule has 1 unspecified atom stereocenters. The average molecular weight is 261 g/mol. The first kappa shape index (κ1) is 14.4. The van der Waals surface area contributed by atoms with Gasteiger partial charge in [0.25, 0.3) is 0 Å². The van der Waals surface area contributed by atoms with Crippen molar-refractivity contribution in [1.82, 2.24) is 4.90 Å². The van der Waals surface area contributed by atoms with Crippen LogP contribution in [-0.4, -0.2) is 29.1 Å². The summed E-state index contributed by atoms with van der Waals surface area (Å²) in [7, 11) is 0. The van der Waals surface area contributed by atoms with E-state index in [2.05, 4.69) is 31.7 Å². The van der Waals surface area contributed by atoms with Crippen LogP contribution < -0.4 is 0 Å². The maximum absolute atomic E-state index is 9.72. The molecule has 0 fully saturated rings. The fourth-order valence-corrected chi connectivity index (χ4v) is 3.51. The molecule has 0 saturated carbocycles. The highest BCUT2D eigenvalue weighted by Crippen LogP contribution is 2.36. The Kier molecular flexibility index (Phi) is 4.87. The van der Waals surface area contributed by atoms with Gasteiger partial charge in [0.2, 0.25) is 0 Å². The number of aryl methyl sites for hydroxylation is 1. The minimum atomic E-state index is 0.406. The Morgan fingerprint density at radius 3 is 2.53 bits per heavy atom. The Morgan fingerprint density at radius 2 is 1.89 bits per heavy atom. The fraction of sp³-hybridized carbons (Fsp3) is 0.647. The van der Waals surface area contributed by atoms with Crippen molar-refractivity contribution in [1.29, 1.82) is 0 Å². The van der Waals surface area contributed by atoms with E-state index in [1.165, 1.54) is 43.5 Å². The van der Waals surface area contributed by atoms with Gasteiger partial charge in [0, 0.05) is 6.04 Å². The monoisotopic (exact) mass is 261 g/mol. The molecule has 0 spiro atoms. The van der Waals surface area contributed by atoms with Crippen molar-refractivity contribution in [2.45, 2.75) is 58.4 Å². The number of phenols is 1. The summed E-state index contributed by atoms with van der Waals surface area (Å²) in [6, 6.07) is 6.53. The molecule has 2 rings (SSSR count). The van der Waals surface area contributed by atoms with Crippen molar-refractivity contribution in [2.75, 3.05) is 13.1 Å². The van der Waals surface area contributed by atoms with Crippen molar-refractivity contribution < 1.29 is 5.11 Å². The van der Waals surface area contributed by atoms with Gasteiger partial charge in [-0.15, -0.1) is 0 Å². The van der Waals surface area contributed by atoms with Crippen LogP contribution in [0, 0.1) is 0 Å². The minimum Gasteiger partial charge on any atom is -0.508 e. The van der Waals surface area contributed by atoms with Gasteiger partial charge in [0.1, 0.15) is 5.75 Å². The van der Waals surface area contributed by atoms with Crippen LogP contribution in [0.3, 0.4) is 0 Å². The van der Waals surface area contributed by atoms with E-state index < -0.39 is 0 Å². The lowest BCUT2D eigenvalue weighted by molar-refractivity contribution is 0.159. The molecule has 19 heavy (non-hydrogen) atoms. The highest BCUT2D eigenvalue weighted by molar-refractivity contribution is 5.39. The van der Waals surface area contributed by atoms with Gasteiger partial charge in [-0.3, -0.25) is 4.90 Å². The van der Waals surface area contributed by atoms with Crippen molar-refractivity contribution in [3.8, 4) is 5.75 Å². The molecule has 1 aliphatic carbocycles. The van der Waals surface area contributed by atoms with Gasteiger partial charge < -0.3 is 5.11 Å². The Balaban J connectivity index is 2.21. The fourth-order valence-electron chi connectivity index (χ4n) is 3.51. The molecule has 0 bridgehead atoms. The molecule has 1 aromatic carbocycles. The van der Waals surface area contributed by atoms with Crippen molar-refractivity contribution in [3.63, 3.8) is 0 Å². The summed E-state index contributed by atoms with van der Waals surface area (Å²) >= 11 is 0. The van der Waals surface area contributed by atoms with Crippen LogP contribution in [0.5, 0.6) is 5.75 Å². The molecule has 0 aromatic heterocycles. The predicted octanol–water partition coefficient (Wildman–Crippen LogP) is 3.93. The zero-order valence-corrected chi connectivity index (χ0v) is 12.5. The number of benzene rings is 1. The van der Waals surface area contributed by atoms with E-state index in [0.717, 1.165) is 6.42 Å². The number of hydrogen-bond donors (Lipinski definition) is 1. The Hall–Kier alpha value is -1.02. The Labute approximate surface area is 117 Å². The first-order valence-electron chi connectivity index (χ1n) is 7.73. The van der Waals surface area contributed by atoms with Crippen LogP contribution in [0.1, 0.15) is 57.1 Å². The summed E-state index contributed by atoms with van der Waals surface area (Å²) in [5, 5.41) is 9.72. The standard InChI is InChI=1S/C17H27NO/c1-4-10-18(11-5-2)17-9-7-14-6-8-15(19)12-16(14)13(17)3/h6,8,12-13,17,19H,4-5,7,9-11H2,1-3H3/t13?,17-/m1/s1. The highest BCUT2D eigenvalue weighted by atomic mass is 16.3. The third kappa shape index (κ3) is 3.11. The topological polar surface area (TPSA) is 23.5 Å². The summed E-state index contributed by atoms with van der Waals surface area (Å²) in [4.78, 5) is 2.65. The summed E-state index contributed by atoms with van der Waals surface area (Å²) in [6.07, 6.45) is 4.83. The first-order valence-corrected chi connectivity index (χ1v) is 7.73. The van der Waals surface area contributed by atoms with Crippen LogP contribution in [0.4, 0.5) is 0 Å². The van der Waals surface area contributed by atoms with Crippen LogP contribution in [0.2, 0.25) is 0 Å². The SMILES string of the molecule is CCCN(CCC)[C@@H]1CCc2ccc(O)cc2C1C. The quantitative estimate of drug-likeness (QED) is 0.868. The van der Waals surface area contributed by atoms with E-state index in [9.17, 15) is 5.11 Å². The number of rotatable bonds is 5. The normalized spacial score (nSPS) is 22.5. The number of nitrogens with zero attached hydrogens (tertiary/aromatic N) is 1. The van der Waals surface area contributed by atoms with Crippen LogP contribution in [-0.2, 0) is 6.42 Å².